The highest BCUT2D eigenvalue weighted by molar-refractivity contribution is 9.09. The number of carbonyl (C=O) groups is 3. The molecule has 178 valence electrons. The molecule has 2 aromatic rings. The summed E-state index contributed by atoms with van der Waals surface area (Å²) in [6.45, 7) is 4.16. The zero-order valence-electron chi connectivity index (χ0n) is 19.2. The van der Waals surface area contributed by atoms with Crippen molar-refractivity contribution in [1.29, 1.82) is 0 Å². The fraction of sp³-hybridized carbons (Fsp3) is 0.423. The molecule has 0 spiro atoms. The van der Waals surface area contributed by atoms with Gasteiger partial charge in [0.1, 0.15) is 6.61 Å². The van der Waals surface area contributed by atoms with Crippen LogP contribution in [0.1, 0.15) is 38.7 Å². The molecular weight excluding hydrogens is 486 g/mol. The first-order chi connectivity index (χ1) is 15.9. The molecule has 0 saturated carbocycles. The Morgan fingerprint density at radius 1 is 0.939 bits per heavy atom. The predicted molar refractivity (Wildman–Crippen MR) is 132 cm³/mol. The summed E-state index contributed by atoms with van der Waals surface area (Å²) in [6, 6.07) is 18.0. The number of nitrogens with one attached hydrogen (secondary N) is 1. The number of amides is 1. The normalized spacial score (nSPS) is 12.5. The topological polar surface area (TPSA) is 81.7 Å². The maximum absolute atomic E-state index is 12.5. The average Bonchev–Trinajstić information content (AvgIpc) is 2.82. The van der Waals surface area contributed by atoms with Gasteiger partial charge in [0.25, 0.3) is 0 Å². The highest BCUT2D eigenvalue weighted by atomic mass is 79.9. The molecule has 7 heteroatoms. The van der Waals surface area contributed by atoms with Crippen LogP contribution in [-0.4, -0.2) is 42.4 Å². The minimum Gasteiger partial charge on any atom is -0.466 e. The third-order valence-corrected chi connectivity index (χ3v) is 5.46. The van der Waals surface area contributed by atoms with E-state index in [0.29, 0.717) is 24.8 Å². The molecule has 6 nitrogen and oxygen atoms in total. The fourth-order valence-electron chi connectivity index (χ4n) is 3.49. The Morgan fingerprint density at radius 3 is 2.24 bits per heavy atom. The van der Waals surface area contributed by atoms with E-state index in [1.165, 1.54) is 0 Å². The number of hydrogen-bond acceptors (Lipinski definition) is 5. The van der Waals surface area contributed by atoms with E-state index < -0.39 is 5.97 Å². The Morgan fingerprint density at radius 2 is 1.61 bits per heavy atom. The SMILES string of the molecule is CCOC(=O)[C@H](C)CC(Cc1ccc(-c2ccccc2)cc1)NC(=O)CCC(=O)OCCBr. The summed E-state index contributed by atoms with van der Waals surface area (Å²) in [5.74, 6) is -1.29. The maximum atomic E-state index is 12.5. The Balaban J connectivity index is 2.03. The smallest absolute Gasteiger partial charge is 0.308 e. The minimum atomic E-state index is -0.405. The predicted octanol–water partition coefficient (Wildman–Crippen LogP) is 4.69. The van der Waals surface area contributed by atoms with Crippen LogP contribution in [0.4, 0.5) is 0 Å². The van der Waals surface area contributed by atoms with E-state index >= 15 is 0 Å². The van der Waals surface area contributed by atoms with E-state index in [2.05, 4.69) is 45.5 Å². The van der Waals surface area contributed by atoms with Gasteiger partial charge in [-0.3, -0.25) is 14.4 Å². The van der Waals surface area contributed by atoms with Crippen LogP contribution in [0.15, 0.2) is 54.6 Å². The van der Waals surface area contributed by atoms with Crippen LogP contribution in [-0.2, 0) is 30.3 Å². The minimum absolute atomic E-state index is 0.0186. The van der Waals surface area contributed by atoms with Gasteiger partial charge >= 0.3 is 11.9 Å². The second kappa shape index (κ2) is 14.5. The van der Waals surface area contributed by atoms with Crippen LogP contribution >= 0.6 is 15.9 Å². The summed E-state index contributed by atoms with van der Waals surface area (Å²) in [4.78, 5) is 36.3. The van der Waals surface area contributed by atoms with Crippen LogP contribution in [0.3, 0.4) is 0 Å². The van der Waals surface area contributed by atoms with Crippen LogP contribution < -0.4 is 5.32 Å². The zero-order valence-corrected chi connectivity index (χ0v) is 20.8. The standard InChI is InChI=1S/C26H32BrNO5/c1-3-32-26(31)19(2)17-23(28-24(29)13-14-25(30)33-16-15-27)18-20-9-11-22(12-10-20)21-7-5-4-6-8-21/h4-12,19,23H,3,13-18H2,1-2H3,(H,28,29)/t19-,23?/m1/s1. The number of ether oxygens (including phenoxy) is 2. The molecule has 2 aromatic carbocycles. The Bertz CT molecular complexity index is 885. The largest absolute Gasteiger partial charge is 0.466 e. The van der Waals surface area contributed by atoms with Gasteiger partial charge in [-0.05, 0) is 36.5 Å². The second-order valence-corrected chi connectivity index (χ2v) is 8.62. The van der Waals surface area contributed by atoms with Gasteiger partial charge in [-0.15, -0.1) is 0 Å². The van der Waals surface area contributed by atoms with Gasteiger partial charge in [0.15, 0.2) is 0 Å². The molecule has 0 aromatic heterocycles. The molecule has 0 radical (unpaired) electrons. The van der Waals surface area contributed by atoms with Crippen molar-refractivity contribution in [2.75, 3.05) is 18.5 Å². The summed E-state index contributed by atoms with van der Waals surface area (Å²) >= 11 is 3.19. The zero-order chi connectivity index (χ0) is 24.1. The number of hydrogen-bond donors (Lipinski definition) is 1. The van der Waals surface area contributed by atoms with Gasteiger partial charge in [0.05, 0.1) is 18.9 Å². The first-order valence-corrected chi connectivity index (χ1v) is 12.4. The molecule has 1 unspecified atom stereocenters. The van der Waals surface area contributed by atoms with Crippen molar-refractivity contribution in [3.63, 3.8) is 0 Å². The van der Waals surface area contributed by atoms with E-state index in [1.807, 2.05) is 30.3 Å². The fourth-order valence-corrected chi connectivity index (χ4v) is 3.65. The van der Waals surface area contributed by atoms with Crippen molar-refractivity contribution in [3.05, 3.63) is 60.2 Å². The number of benzene rings is 2. The lowest BCUT2D eigenvalue weighted by atomic mass is 9.94. The molecule has 0 aliphatic heterocycles. The molecule has 2 atom stereocenters. The summed E-state index contributed by atoms with van der Waals surface area (Å²) < 4.78 is 10.1. The van der Waals surface area contributed by atoms with Gasteiger partial charge in [-0.2, -0.15) is 0 Å². The van der Waals surface area contributed by atoms with Gasteiger partial charge in [-0.1, -0.05) is 77.5 Å². The summed E-state index contributed by atoms with van der Waals surface area (Å²) in [7, 11) is 0. The molecule has 0 heterocycles. The van der Waals surface area contributed by atoms with E-state index in [-0.39, 0.29) is 43.3 Å². The van der Waals surface area contributed by atoms with Gasteiger partial charge in [0.2, 0.25) is 5.91 Å². The lowest BCUT2D eigenvalue weighted by Gasteiger charge is -2.22. The third kappa shape index (κ3) is 9.78. The number of esters is 2. The average molecular weight is 518 g/mol. The van der Waals surface area contributed by atoms with Crippen LogP contribution in [0.5, 0.6) is 0 Å². The number of alkyl halides is 1. The lowest BCUT2D eigenvalue weighted by molar-refractivity contribution is -0.148. The van der Waals surface area contributed by atoms with Crippen molar-refractivity contribution in [2.45, 2.75) is 45.6 Å². The molecule has 2 rings (SSSR count). The Kier molecular flexibility index (Phi) is 11.7. The number of halogens is 1. The highest BCUT2D eigenvalue weighted by Gasteiger charge is 2.22. The van der Waals surface area contributed by atoms with Crippen molar-refractivity contribution >= 4 is 33.8 Å². The number of rotatable bonds is 13. The summed E-state index contributed by atoms with van der Waals surface area (Å²) in [5.41, 5.74) is 3.30. The molecule has 0 aliphatic carbocycles. The first kappa shape index (κ1) is 26.6. The van der Waals surface area contributed by atoms with Gasteiger partial charge in [-0.25, -0.2) is 0 Å². The Labute approximate surface area is 204 Å². The van der Waals surface area contributed by atoms with Crippen molar-refractivity contribution in [3.8, 4) is 11.1 Å². The molecular formula is C26H32BrNO5. The molecule has 0 saturated heterocycles. The van der Waals surface area contributed by atoms with Crippen molar-refractivity contribution in [2.24, 2.45) is 5.92 Å². The van der Waals surface area contributed by atoms with E-state index in [9.17, 15) is 14.4 Å². The summed E-state index contributed by atoms with van der Waals surface area (Å²) in [6.07, 6.45) is 1.07. The quantitative estimate of drug-likeness (QED) is 0.308. The van der Waals surface area contributed by atoms with E-state index in [0.717, 1.165) is 16.7 Å². The highest BCUT2D eigenvalue weighted by Crippen LogP contribution is 2.21. The van der Waals surface area contributed by atoms with Crippen molar-refractivity contribution < 1.29 is 23.9 Å². The van der Waals surface area contributed by atoms with Crippen LogP contribution in [0.2, 0.25) is 0 Å². The second-order valence-electron chi connectivity index (χ2n) is 7.83. The summed E-state index contributed by atoms with van der Waals surface area (Å²) in [5, 5.41) is 3.54. The van der Waals surface area contributed by atoms with E-state index in [1.54, 1.807) is 13.8 Å². The molecule has 0 fully saturated rings. The van der Waals surface area contributed by atoms with Crippen LogP contribution in [0, 0.1) is 5.92 Å². The van der Waals surface area contributed by atoms with Gasteiger partial charge in [0, 0.05) is 17.8 Å². The molecule has 33 heavy (non-hydrogen) atoms. The third-order valence-electron chi connectivity index (χ3n) is 5.13. The van der Waals surface area contributed by atoms with Crippen molar-refractivity contribution in [1.82, 2.24) is 5.32 Å². The molecule has 0 bridgehead atoms. The molecule has 1 amide bonds. The lowest BCUT2D eigenvalue weighted by Crippen LogP contribution is -2.39. The first-order valence-electron chi connectivity index (χ1n) is 11.2. The van der Waals surface area contributed by atoms with Gasteiger partial charge < -0.3 is 14.8 Å². The molecule has 1 N–H and O–H groups in total. The Hall–Kier alpha value is -2.67. The monoisotopic (exact) mass is 517 g/mol. The van der Waals surface area contributed by atoms with E-state index in [4.69, 9.17) is 9.47 Å². The maximum Gasteiger partial charge on any atom is 0.308 e. The van der Waals surface area contributed by atoms with Crippen LogP contribution in [0.25, 0.3) is 11.1 Å². The molecule has 0 aliphatic rings. The number of carbonyl (C=O) groups excluding carboxylic acids is 3.